The Balaban J connectivity index is 6.53. The highest BCUT2D eigenvalue weighted by Gasteiger charge is 2.51. The van der Waals surface area contributed by atoms with Gasteiger partial charge in [0.25, 0.3) is 5.78 Å². The second-order valence-electron chi connectivity index (χ2n) is 10.9. The molecule has 0 aliphatic heterocycles. The molecule has 0 aromatic heterocycles. The summed E-state index contributed by atoms with van der Waals surface area (Å²) >= 11 is 0. The lowest BCUT2D eigenvalue weighted by molar-refractivity contribution is -0.145. The molecule has 0 rings (SSSR count). The predicted octanol–water partition coefficient (Wildman–Crippen LogP) is 3.95. The Morgan fingerprint density at radius 3 is 1.71 bits per heavy atom. The third-order valence-electron chi connectivity index (χ3n) is 6.30. The minimum atomic E-state index is -2.56. The van der Waals surface area contributed by atoms with Crippen LogP contribution in [0.4, 0.5) is 0 Å². The average molecular weight is 475 g/mol. The van der Waals surface area contributed by atoms with Crippen molar-refractivity contribution in [3.63, 3.8) is 0 Å². The van der Waals surface area contributed by atoms with E-state index in [1.54, 1.807) is 6.92 Å². The zero-order valence-electron chi connectivity index (χ0n) is 21.3. The van der Waals surface area contributed by atoms with Gasteiger partial charge in [-0.1, -0.05) is 41.5 Å². The van der Waals surface area contributed by atoms with Gasteiger partial charge in [0.1, 0.15) is 12.2 Å². The zero-order chi connectivity index (χ0) is 25.0. The molecule has 1 unspecified atom stereocenters. The van der Waals surface area contributed by atoms with Crippen LogP contribution in [0, 0.1) is 0 Å². The summed E-state index contributed by atoms with van der Waals surface area (Å²) in [5, 5.41) is 10.2. The van der Waals surface area contributed by atoms with Crippen LogP contribution in [-0.4, -0.2) is 68.9 Å². The fourth-order valence-corrected chi connectivity index (χ4v) is 4.80. The molecule has 1 N–H and O–H groups in total. The van der Waals surface area contributed by atoms with E-state index in [0.29, 0.717) is 0 Å². The summed E-state index contributed by atoms with van der Waals surface area (Å²) in [6, 6.07) is 0. The summed E-state index contributed by atoms with van der Waals surface area (Å²) in [6.45, 7) is 23.2. The number of nitrogens with zero attached hydrogens (tertiary/aromatic N) is 2. The Morgan fingerprint density at radius 1 is 0.968 bits per heavy atom. The SMILES string of the molecule is CCOC(=O)C(=[N+]=[N-])C(=O)[C@H](O[Si](C)(C)C(C)(C)C)[C@@H](O[Si](C)(C)C(C)(C)C)C(C)O. The molecule has 0 saturated carbocycles. The molecule has 0 heterocycles. The smallest absolute Gasteiger partial charge is 0.444 e. The van der Waals surface area contributed by atoms with Crippen molar-refractivity contribution < 1.29 is 33.1 Å². The fourth-order valence-electron chi connectivity index (χ4n) is 2.22. The van der Waals surface area contributed by atoms with Crippen LogP contribution in [0.15, 0.2) is 0 Å². The molecule has 180 valence electrons. The summed E-state index contributed by atoms with van der Waals surface area (Å²) in [5.74, 6) is -1.91. The standard InChI is InChI=1S/C21H42N2O6Si2/c1-13-27-19(26)15(23-22)16(25)18(29-31(11,12)21(6,7)8)17(14(2)24)28-30(9,10)20(3,4)5/h14,17-18,24H,13H2,1-12H3/t14?,17-,18-/m0/s1. The minimum absolute atomic E-state index is 0.0131. The Labute approximate surface area is 189 Å². The Bertz CT molecular complexity index is 702. The van der Waals surface area contributed by atoms with E-state index in [-0.39, 0.29) is 16.7 Å². The lowest BCUT2D eigenvalue weighted by atomic mass is 10.0. The van der Waals surface area contributed by atoms with Crippen LogP contribution in [0.3, 0.4) is 0 Å². The molecule has 31 heavy (non-hydrogen) atoms. The number of carbonyl (C=O) groups excluding carboxylic acids is 2. The van der Waals surface area contributed by atoms with Crippen molar-refractivity contribution in [3.05, 3.63) is 5.53 Å². The van der Waals surface area contributed by atoms with Crippen LogP contribution < -0.4 is 0 Å². The Kier molecular flexibility index (Phi) is 10.2. The van der Waals surface area contributed by atoms with Gasteiger partial charge in [-0.05, 0) is 50.1 Å². The van der Waals surface area contributed by atoms with E-state index >= 15 is 0 Å². The number of carbonyl (C=O) groups is 2. The Morgan fingerprint density at radius 2 is 1.39 bits per heavy atom. The second kappa shape index (κ2) is 10.6. The van der Waals surface area contributed by atoms with Gasteiger partial charge >= 0.3 is 11.7 Å². The largest absolute Gasteiger partial charge is 0.457 e. The predicted molar refractivity (Wildman–Crippen MR) is 126 cm³/mol. The quantitative estimate of drug-likeness (QED) is 0.128. The molecule has 10 heteroatoms. The molecule has 3 atom stereocenters. The number of ketones is 1. The third-order valence-corrected chi connectivity index (χ3v) is 15.2. The van der Waals surface area contributed by atoms with Gasteiger partial charge in [-0.2, -0.15) is 4.79 Å². The highest BCUT2D eigenvalue weighted by molar-refractivity contribution is 6.75. The maximum atomic E-state index is 13.4. The highest BCUT2D eigenvalue weighted by Crippen LogP contribution is 2.41. The second-order valence-corrected chi connectivity index (χ2v) is 20.4. The molecule has 0 fully saturated rings. The van der Waals surface area contributed by atoms with E-state index in [9.17, 15) is 20.2 Å². The summed E-state index contributed by atoms with van der Waals surface area (Å²) < 4.78 is 17.7. The van der Waals surface area contributed by atoms with Crippen molar-refractivity contribution in [1.29, 1.82) is 0 Å². The molecule has 0 aliphatic carbocycles. The first-order chi connectivity index (χ1) is 13.7. The topological polar surface area (TPSA) is 118 Å². The van der Waals surface area contributed by atoms with Crippen molar-refractivity contribution in [2.75, 3.05) is 6.61 Å². The van der Waals surface area contributed by atoms with Gasteiger partial charge in [-0.3, -0.25) is 4.79 Å². The van der Waals surface area contributed by atoms with Crippen molar-refractivity contribution in [2.45, 2.75) is 110 Å². The number of ether oxygens (including phenoxy) is 1. The number of aliphatic hydroxyl groups is 1. The van der Waals surface area contributed by atoms with E-state index in [0.717, 1.165) is 0 Å². The molecule has 0 bridgehead atoms. The number of Topliss-reactive ketones (excluding diaryl/α,β-unsaturated/α-hetero) is 1. The van der Waals surface area contributed by atoms with Gasteiger partial charge in [-0.15, -0.1) is 0 Å². The summed E-state index contributed by atoms with van der Waals surface area (Å²) in [7, 11) is -5.00. The first-order valence-electron chi connectivity index (χ1n) is 10.7. The van der Waals surface area contributed by atoms with Gasteiger partial charge in [-0.25, -0.2) is 4.79 Å². The van der Waals surface area contributed by atoms with Crippen LogP contribution >= 0.6 is 0 Å². The number of rotatable bonds is 10. The third kappa shape index (κ3) is 7.73. The van der Waals surface area contributed by atoms with Crippen LogP contribution in [-0.2, 0) is 23.2 Å². The number of aliphatic hydroxyl groups excluding tert-OH is 1. The first kappa shape index (κ1) is 29.8. The normalized spacial score (nSPS) is 16.2. The van der Waals surface area contributed by atoms with Gasteiger partial charge in [0.05, 0.1) is 12.7 Å². The molecule has 0 aromatic rings. The van der Waals surface area contributed by atoms with Gasteiger partial charge in [0.2, 0.25) is 0 Å². The Hall–Kier alpha value is -1.17. The summed E-state index contributed by atoms with van der Waals surface area (Å²) in [6.07, 6.45) is -3.45. The molecule has 0 spiro atoms. The highest BCUT2D eigenvalue weighted by atomic mass is 28.4. The van der Waals surface area contributed by atoms with E-state index in [1.807, 2.05) is 67.7 Å². The van der Waals surface area contributed by atoms with Crippen LogP contribution in [0.2, 0.25) is 36.3 Å². The van der Waals surface area contributed by atoms with E-state index in [1.165, 1.54) is 6.92 Å². The van der Waals surface area contributed by atoms with Crippen molar-refractivity contribution in [2.24, 2.45) is 0 Å². The monoisotopic (exact) mass is 474 g/mol. The molecule has 0 radical (unpaired) electrons. The number of hydrogen-bond donors (Lipinski definition) is 1. The van der Waals surface area contributed by atoms with Crippen LogP contribution in [0.5, 0.6) is 0 Å². The molecular formula is C21H42N2O6Si2. The van der Waals surface area contributed by atoms with Crippen LogP contribution in [0.1, 0.15) is 55.4 Å². The molecule has 0 aliphatic rings. The van der Waals surface area contributed by atoms with E-state index in [2.05, 4.69) is 4.79 Å². The van der Waals surface area contributed by atoms with E-state index < -0.39 is 52.4 Å². The van der Waals surface area contributed by atoms with Crippen LogP contribution in [0.25, 0.3) is 5.53 Å². The summed E-state index contributed by atoms with van der Waals surface area (Å²) in [5.41, 5.74) is 8.64. The maximum absolute atomic E-state index is 13.4. The van der Waals surface area contributed by atoms with Gasteiger partial charge in [0.15, 0.2) is 16.6 Å². The van der Waals surface area contributed by atoms with Gasteiger partial charge in [0, 0.05) is 0 Å². The number of hydrogen-bond acceptors (Lipinski definition) is 6. The van der Waals surface area contributed by atoms with Crippen molar-refractivity contribution in [1.82, 2.24) is 0 Å². The van der Waals surface area contributed by atoms with Gasteiger partial charge < -0.3 is 24.2 Å². The maximum Gasteiger partial charge on any atom is 0.444 e. The van der Waals surface area contributed by atoms with Crippen molar-refractivity contribution in [3.8, 4) is 0 Å². The fraction of sp³-hybridized carbons (Fsp3) is 0.857. The van der Waals surface area contributed by atoms with Crippen molar-refractivity contribution >= 4 is 34.1 Å². The number of esters is 1. The average Bonchev–Trinajstić information content (AvgIpc) is 2.56. The lowest BCUT2D eigenvalue weighted by Crippen LogP contribution is -2.58. The summed E-state index contributed by atoms with van der Waals surface area (Å²) in [4.78, 5) is 28.6. The minimum Gasteiger partial charge on any atom is -0.457 e. The molecule has 0 amide bonds. The first-order valence-corrected chi connectivity index (χ1v) is 16.5. The molecule has 8 nitrogen and oxygen atoms in total. The lowest BCUT2D eigenvalue weighted by Gasteiger charge is -2.44. The van der Waals surface area contributed by atoms with E-state index in [4.69, 9.17) is 13.6 Å². The zero-order valence-corrected chi connectivity index (χ0v) is 23.3. The molecular weight excluding hydrogens is 432 g/mol. The molecule has 0 saturated heterocycles. The molecule has 0 aromatic carbocycles.